The Bertz CT molecular complexity index is 1050. The largest absolute Gasteiger partial charge is 0.499 e. The van der Waals surface area contributed by atoms with E-state index >= 15 is 0 Å². The molecular formula is C24H28N4O2. The lowest BCUT2D eigenvalue weighted by Gasteiger charge is -2.38. The fourth-order valence-electron chi connectivity index (χ4n) is 4.55. The van der Waals surface area contributed by atoms with Crippen molar-refractivity contribution in [2.24, 2.45) is 0 Å². The molecule has 5 rings (SSSR count). The number of aromatic nitrogens is 2. The van der Waals surface area contributed by atoms with Gasteiger partial charge in [0.05, 0.1) is 30.2 Å². The van der Waals surface area contributed by atoms with Crippen molar-refractivity contribution in [1.82, 2.24) is 9.97 Å². The maximum atomic E-state index is 6.18. The predicted octanol–water partition coefficient (Wildman–Crippen LogP) is 4.97. The van der Waals surface area contributed by atoms with Gasteiger partial charge >= 0.3 is 0 Å². The Morgan fingerprint density at radius 1 is 1.03 bits per heavy atom. The van der Waals surface area contributed by atoms with Crippen molar-refractivity contribution in [3.63, 3.8) is 0 Å². The lowest BCUT2D eigenvalue weighted by Crippen LogP contribution is -2.35. The lowest BCUT2D eigenvalue weighted by atomic mass is 9.96. The topological polar surface area (TPSA) is 53.6 Å². The van der Waals surface area contributed by atoms with Crippen LogP contribution in [0.3, 0.4) is 0 Å². The maximum absolute atomic E-state index is 6.18. The number of nitrogens with zero attached hydrogens (tertiary/aromatic N) is 3. The Morgan fingerprint density at radius 3 is 2.57 bits per heavy atom. The first kappa shape index (κ1) is 19.0. The minimum atomic E-state index is -0.0514. The van der Waals surface area contributed by atoms with Crippen LogP contribution in [0, 0.1) is 0 Å². The summed E-state index contributed by atoms with van der Waals surface area (Å²) in [6, 6.07) is 15.0. The number of ether oxygens (including phenoxy) is 1. The Balaban J connectivity index is 1.50. The van der Waals surface area contributed by atoms with Crippen molar-refractivity contribution in [3.8, 4) is 0 Å². The molecule has 0 saturated carbocycles. The van der Waals surface area contributed by atoms with Crippen LogP contribution in [0.1, 0.15) is 37.8 Å². The molecule has 30 heavy (non-hydrogen) atoms. The van der Waals surface area contributed by atoms with Crippen LogP contribution in [-0.2, 0) is 9.57 Å². The van der Waals surface area contributed by atoms with Gasteiger partial charge in [-0.05, 0) is 67.7 Å². The fraction of sp³-hybridized carbons (Fsp3) is 0.375. The van der Waals surface area contributed by atoms with Gasteiger partial charge in [-0.2, -0.15) is 0 Å². The van der Waals surface area contributed by atoms with E-state index in [4.69, 9.17) is 9.57 Å². The molecule has 1 unspecified atom stereocenters. The summed E-state index contributed by atoms with van der Waals surface area (Å²) in [5.41, 5.74) is 6.59. The highest BCUT2D eigenvalue weighted by molar-refractivity contribution is 5.79. The molecule has 3 aromatic rings. The summed E-state index contributed by atoms with van der Waals surface area (Å²) in [5, 5.41) is 1.99. The number of benzene rings is 2. The second-order valence-corrected chi connectivity index (χ2v) is 8.06. The van der Waals surface area contributed by atoms with E-state index in [1.165, 1.54) is 36.1 Å². The number of imidazole rings is 1. The van der Waals surface area contributed by atoms with E-state index in [9.17, 15) is 0 Å². The SMILES string of the molecule is COC1=C(C)C(c2ccc(N3CCCCC3)cc2)N(c2ccc3nc[nH]c3c2)OC1. The predicted molar refractivity (Wildman–Crippen MR) is 119 cm³/mol. The summed E-state index contributed by atoms with van der Waals surface area (Å²) in [6.07, 6.45) is 5.62. The van der Waals surface area contributed by atoms with Gasteiger partial charge in [0.2, 0.25) is 0 Å². The van der Waals surface area contributed by atoms with Crippen LogP contribution in [0.5, 0.6) is 0 Å². The Labute approximate surface area is 177 Å². The van der Waals surface area contributed by atoms with Crippen molar-refractivity contribution >= 4 is 22.4 Å². The van der Waals surface area contributed by atoms with Gasteiger partial charge in [0.1, 0.15) is 18.4 Å². The number of aromatic amines is 1. The Morgan fingerprint density at radius 2 is 1.80 bits per heavy atom. The Hall–Kier alpha value is -2.99. The fourth-order valence-corrected chi connectivity index (χ4v) is 4.55. The number of hydroxylamine groups is 1. The van der Waals surface area contributed by atoms with Crippen LogP contribution >= 0.6 is 0 Å². The molecule has 6 nitrogen and oxygen atoms in total. The number of fused-ring (bicyclic) bond motifs is 1. The number of H-pyrrole nitrogens is 1. The third-order valence-electron chi connectivity index (χ3n) is 6.25. The van der Waals surface area contributed by atoms with Crippen molar-refractivity contribution in [1.29, 1.82) is 0 Å². The van der Waals surface area contributed by atoms with E-state index in [0.717, 1.165) is 35.6 Å². The zero-order chi connectivity index (χ0) is 20.5. The van der Waals surface area contributed by atoms with Crippen LogP contribution in [0.15, 0.2) is 60.1 Å². The molecule has 1 fully saturated rings. The third-order valence-corrected chi connectivity index (χ3v) is 6.25. The van der Waals surface area contributed by atoms with E-state index in [1.54, 1.807) is 13.4 Å². The molecule has 2 aliphatic heterocycles. The monoisotopic (exact) mass is 404 g/mol. The molecule has 2 aliphatic rings. The van der Waals surface area contributed by atoms with Crippen LogP contribution in [0.25, 0.3) is 11.0 Å². The second kappa shape index (κ2) is 8.03. The minimum Gasteiger partial charge on any atom is -0.499 e. The molecular weight excluding hydrogens is 376 g/mol. The van der Waals surface area contributed by atoms with Gasteiger partial charge in [-0.1, -0.05) is 12.1 Å². The molecule has 0 bridgehead atoms. The molecule has 0 spiro atoms. The number of hydrogen-bond acceptors (Lipinski definition) is 5. The smallest absolute Gasteiger partial charge is 0.132 e. The Kier molecular flexibility index (Phi) is 5.09. The van der Waals surface area contributed by atoms with Gasteiger partial charge in [-0.25, -0.2) is 10.0 Å². The van der Waals surface area contributed by atoms with Crippen LogP contribution in [-0.4, -0.2) is 36.8 Å². The standard InChI is InChI=1S/C24H28N4O2/c1-17-23(29-2)15-30-28(20-10-11-21-22(14-20)26-16-25-21)24(17)18-6-8-19(9-7-18)27-12-4-3-5-13-27/h6-11,14,16,24H,3-5,12-13,15H2,1-2H3,(H,25,26). The van der Waals surface area contributed by atoms with Crippen molar-refractivity contribution < 1.29 is 9.57 Å². The van der Waals surface area contributed by atoms with Gasteiger partial charge in [-0.15, -0.1) is 0 Å². The first-order valence-corrected chi connectivity index (χ1v) is 10.7. The van der Waals surface area contributed by atoms with Crippen LogP contribution < -0.4 is 9.96 Å². The van der Waals surface area contributed by atoms with Gasteiger partial charge in [0.25, 0.3) is 0 Å². The van der Waals surface area contributed by atoms with Gasteiger partial charge in [0.15, 0.2) is 0 Å². The number of piperidine rings is 1. The van der Waals surface area contributed by atoms with Crippen molar-refractivity contribution in [2.75, 3.05) is 36.8 Å². The zero-order valence-corrected chi connectivity index (χ0v) is 17.6. The maximum Gasteiger partial charge on any atom is 0.132 e. The molecule has 156 valence electrons. The third kappa shape index (κ3) is 3.41. The second-order valence-electron chi connectivity index (χ2n) is 8.06. The molecule has 2 aromatic carbocycles. The molecule has 1 saturated heterocycles. The zero-order valence-electron chi connectivity index (χ0n) is 17.6. The van der Waals surface area contributed by atoms with E-state index in [0.29, 0.717) is 6.61 Å². The minimum absolute atomic E-state index is 0.0514. The summed E-state index contributed by atoms with van der Waals surface area (Å²) in [7, 11) is 1.71. The summed E-state index contributed by atoms with van der Waals surface area (Å²) in [6.45, 7) is 4.85. The van der Waals surface area contributed by atoms with Gasteiger partial charge in [-0.3, -0.25) is 4.84 Å². The summed E-state index contributed by atoms with van der Waals surface area (Å²) < 4.78 is 5.62. The quantitative estimate of drug-likeness (QED) is 0.666. The summed E-state index contributed by atoms with van der Waals surface area (Å²) in [5.74, 6) is 0.888. The molecule has 1 atom stereocenters. The molecule has 1 aromatic heterocycles. The number of rotatable bonds is 4. The van der Waals surface area contributed by atoms with Crippen molar-refractivity contribution in [3.05, 3.63) is 65.7 Å². The normalized spacial score (nSPS) is 20.1. The number of anilines is 2. The molecule has 0 radical (unpaired) electrons. The van der Waals surface area contributed by atoms with Gasteiger partial charge in [0, 0.05) is 18.8 Å². The van der Waals surface area contributed by atoms with E-state index in [-0.39, 0.29) is 6.04 Å². The number of hydrogen-bond donors (Lipinski definition) is 1. The first-order valence-electron chi connectivity index (χ1n) is 10.7. The average Bonchev–Trinajstić information content (AvgIpc) is 3.27. The molecule has 1 N–H and O–H groups in total. The van der Waals surface area contributed by atoms with E-state index in [1.807, 2.05) is 11.1 Å². The highest BCUT2D eigenvalue weighted by Crippen LogP contribution is 2.39. The number of methoxy groups -OCH3 is 1. The first-order chi connectivity index (χ1) is 14.7. The number of nitrogens with one attached hydrogen (secondary N) is 1. The highest BCUT2D eigenvalue weighted by atomic mass is 16.7. The molecule has 0 amide bonds. The van der Waals surface area contributed by atoms with Gasteiger partial charge < -0.3 is 14.6 Å². The lowest BCUT2D eigenvalue weighted by molar-refractivity contribution is 0.0600. The molecule has 3 heterocycles. The van der Waals surface area contributed by atoms with Crippen molar-refractivity contribution in [2.45, 2.75) is 32.2 Å². The summed E-state index contributed by atoms with van der Waals surface area (Å²) in [4.78, 5) is 16.2. The van der Waals surface area contributed by atoms with E-state index < -0.39 is 0 Å². The van der Waals surface area contributed by atoms with Crippen LogP contribution in [0.2, 0.25) is 0 Å². The molecule has 0 aliphatic carbocycles. The highest BCUT2D eigenvalue weighted by Gasteiger charge is 2.31. The van der Waals surface area contributed by atoms with E-state index in [2.05, 4.69) is 58.2 Å². The summed E-state index contributed by atoms with van der Waals surface area (Å²) >= 11 is 0. The average molecular weight is 405 g/mol. The molecule has 6 heteroatoms. The van der Waals surface area contributed by atoms with Crippen LogP contribution in [0.4, 0.5) is 11.4 Å².